The summed E-state index contributed by atoms with van der Waals surface area (Å²) >= 11 is 0. The summed E-state index contributed by atoms with van der Waals surface area (Å²) in [4.78, 5) is 25.4. The van der Waals surface area contributed by atoms with Gasteiger partial charge in [0.2, 0.25) is 0 Å². The van der Waals surface area contributed by atoms with Gasteiger partial charge in [-0.3, -0.25) is 4.79 Å². The Labute approximate surface area is 122 Å². The normalized spacial score (nSPS) is 12.1. The molecule has 5 heteroatoms. The van der Waals surface area contributed by atoms with Crippen LogP contribution in [0.25, 0.3) is 0 Å². The van der Waals surface area contributed by atoms with Crippen LogP contribution in [0.2, 0.25) is 0 Å². The SMILES string of the molecule is CCCN(C(=O)OCC)C(CC(=O)OCC)CC(C)C. The standard InChI is InChI=1S/C15H29NO4/c1-6-9-16(15(18)20-8-3)13(10-12(4)5)11-14(17)19-7-2/h12-13H,6-11H2,1-5H3. The third-order valence-electron chi connectivity index (χ3n) is 2.86. The van der Waals surface area contributed by atoms with E-state index >= 15 is 0 Å². The highest BCUT2D eigenvalue weighted by atomic mass is 16.6. The Balaban J connectivity index is 4.89. The molecule has 0 N–H and O–H groups in total. The van der Waals surface area contributed by atoms with Crippen LogP contribution in [0.15, 0.2) is 0 Å². The fourth-order valence-corrected chi connectivity index (χ4v) is 2.15. The Morgan fingerprint density at radius 2 is 1.65 bits per heavy atom. The van der Waals surface area contributed by atoms with Gasteiger partial charge in [-0.2, -0.15) is 0 Å². The van der Waals surface area contributed by atoms with Crippen LogP contribution in [-0.2, 0) is 14.3 Å². The molecule has 0 spiro atoms. The highest BCUT2D eigenvalue weighted by Crippen LogP contribution is 2.17. The molecular weight excluding hydrogens is 258 g/mol. The van der Waals surface area contributed by atoms with E-state index < -0.39 is 0 Å². The van der Waals surface area contributed by atoms with E-state index in [1.165, 1.54) is 0 Å². The molecule has 118 valence electrons. The van der Waals surface area contributed by atoms with Crippen molar-refractivity contribution in [3.63, 3.8) is 0 Å². The van der Waals surface area contributed by atoms with E-state index in [4.69, 9.17) is 9.47 Å². The first-order valence-corrected chi connectivity index (χ1v) is 7.55. The van der Waals surface area contributed by atoms with Crippen LogP contribution in [0.5, 0.6) is 0 Å². The molecule has 1 amide bonds. The van der Waals surface area contributed by atoms with E-state index in [0.717, 1.165) is 12.8 Å². The third-order valence-corrected chi connectivity index (χ3v) is 2.86. The lowest BCUT2D eigenvalue weighted by atomic mass is 9.99. The molecule has 0 rings (SSSR count). The summed E-state index contributed by atoms with van der Waals surface area (Å²) in [6.45, 7) is 11.0. The summed E-state index contributed by atoms with van der Waals surface area (Å²) in [5.74, 6) is 0.131. The third kappa shape index (κ3) is 7.36. The zero-order chi connectivity index (χ0) is 15.5. The maximum absolute atomic E-state index is 12.0. The zero-order valence-electron chi connectivity index (χ0n) is 13.5. The van der Waals surface area contributed by atoms with Crippen LogP contribution in [0, 0.1) is 5.92 Å². The molecule has 0 bridgehead atoms. The van der Waals surface area contributed by atoms with Gasteiger partial charge in [0.1, 0.15) is 0 Å². The maximum Gasteiger partial charge on any atom is 0.410 e. The van der Waals surface area contributed by atoms with Gasteiger partial charge in [-0.05, 0) is 32.6 Å². The summed E-state index contributed by atoms with van der Waals surface area (Å²) in [5.41, 5.74) is 0. The molecule has 5 nitrogen and oxygen atoms in total. The molecule has 0 saturated carbocycles. The van der Waals surface area contributed by atoms with Crippen molar-refractivity contribution in [3.05, 3.63) is 0 Å². The van der Waals surface area contributed by atoms with Gasteiger partial charge in [0.05, 0.1) is 19.6 Å². The topological polar surface area (TPSA) is 55.8 Å². The first kappa shape index (κ1) is 18.7. The van der Waals surface area contributed by atoms with Gasteiger partial charge in [-0.25, -0.2) is 4.79 Å². The molecule has 0 aliphatic rings. The zero-order valence-corrected chi connectivity index (χ0v) is 13.5. The average molecular weight is 287 g/mol. The monoisotopic (exact) mass is 287 g/mol. The van der Waals surface area contributed by atoms with Crippen LogP contribution in [0.3, 0.4) is 0 Å². The number of rotatable bonds is 9. The van der Waals surface area contributed by atoms with E-state index in [9.17, 15) is 9.59 Å². The number of nitrogens with zero attached hydrogens (tertiary/aromatic N) is 1. The van der Waals surface area contributed by atoms with Gasteiger partial charge in [-0.1, -0.05) is 20.8 Å². The minimum atomic E-state index is -0.343. The van der Waals surface area contributed by atoms with Gasteiger partial charge in [0.15, 0.2) is 0 Å². The molecule has 0 aromatic rings. The summed E-state index contributed by atoms with van der Waals surface area (Å²) in [5, 5.41) is 0. The lowest BCUT2D eigenvalue weighted by Crippen LogP contribution is -2.43. The summed E-state index contributed by atoms with van der Waals surface area (Å²) < 4.78 is 10.1. The molecule has 0 fully saturated rings. The first-order valence-electron chi connectivity index (χ1n) is 7.55. The van der Waals surface area contributed by atoms with Crippen molar-refractivity contribution in [3.8, 4) is 0 Å². The second kappa shape index (κ2) is 10.5. The number of hydrogen-bond acceptors (Lipinski definition) is 4. The fourth-order valence-electron chi connectivity index (χ4n) is 2.15. The molecule has 1 atom stereocenters. The quantitative estimate of drug-likeness (QED) is 0.611. The molecule has 1 unspecified atom stereocenters. The number of carbonyl (C=O) groups is 2. The summed E-state index contributed by atoms with van der Waals surface area (Å²) in [6, 6.07) is -0.159. The van der Waals surface area contributed by atoms with E-state index in [1.54, 1.807) is 18.7 Å². The smallest absolute Gasteiger partial charge is 0.410 e. The molecular formula is C15H29NO4. The van der Waals surface area contributed by atoms with Crippen molar-refractivity contribution in [2.75, 3.05) is 19.8 Å². The number of hydrogen-bond donors (Lipinski definition) is 0. The Morgan fingerprint density at radius 1 is 1.05 bits per heavy atom. The van der Waals surface area contributed by atoms with Crippen molar-refractivity contribution in [1.82, 2.24) is 4.90 Å². The second-order valence-corrected chi connectivity index (χ2v) is 5.18. The van der Waals surface area contributed by atoms with Crippen molar-refractivity contribution in [2.45, 2.75) is 59.9 Å². The van der Waals surface area contributed by atoms with Gasteiger partial charge in [0, 0.05) is 12.6 Å². The van der Waals surface area contributed by atoms with Crippen LogP contribution >= 0.6 is 0 Å². The van der Waals surface area contributed by atoms with Gasteiger partial charge >= 0.3 is 12.1 Å². The predicted octanol–water partition coefficient (Wildman–Crippen LogP) is 3.22. The van der Waals surface area contributed by atoms with E-state index in [0.29, 0.717) is 25.7 Å². The Kier molecular flexibility index (Phi) is 9.86. The van der Waals surface area contributed by atoms with Gasteiger partial charge in [-0.15, -0.1) is 0 Å². The van der Waals surface area contributed by atoms with E-state index in [-0.39, 0.29) is 24.5 Å². The fraction of sp³-hybridized carbons (Fsp3) is 0.867. The minimum Gasteiger partial charge on any atom is -0.466 e. The van der Waals surface area contributed by atoms with Crippen LogP contribution < -0.4 is 0 Å². The van der Waals surface area contributed by atoms with Gasteiger partial charge in [0.25, 0.3) is 0 Å². The highest BCUT2D eigenvalue weighted by molar-refractivity contribution is 5.72. The Morgan fingerprint density at radius 3 is 2.10 bits per heavy atom. The maximum atomic E-state index is 12.0. The Hall–Kier alpha value is -1.26. The number of esters is 1. The van der Waals surface area contributed by atoms with Crippen LogP contribution in [0.1, 0.15) is 53.9 Å². The predicted molar refractivity (Wildman–Crippen MR) is 78.5 cm³/mol. The summed E-state index contributed by atoms with van der Waals surface area (Å²) in [6.07, 6.45) is 1.47. The molecule has 20 heavy (non-hydrogen) atoms. The van der Waals surface area contributed by atoms with Crippen molar-refractivity contribution >= 4 is 12.1 Å². The average Bonchev–Trinajstić information content (AvgIpc) is 2.35. The Bertz CT molecular complexity index is 292. The molecule has 0 heterocycles. The molecule has 0 aliphatic carbocycles. The molecule has 0 aromatic carbocycles. The van der Waals surface area contributed by atoms with E-state index in [2.05, 4.69) is 13.8 Å². The van der Waals surface area contributed by atoms with Crippen molar-refractivity contribution in [2.24, 2.45) is 5.92 Å². The van der Waals surface area contributed by atoms with Gasteiger partial charge < -0.3 is 14.4 Å². The lowest BCUT2D eigenvalue weighted by molar-refractivity contribution is -0.144. The number of carbonyl (C=O) groups excluding carboxylic acids is 2. The molecule has 0 aliphatic heterocycles. The molecule has 0 saturated heterocycles. The highest BCUT2D eigenvalue weighted by Gasteiger charge is 2.27. The van der Waals surface area contributed by atoms with E-state index in [1.807, 2.05) is 6.92 Å². The van der Waals surface area contributed by atoms with Crippen LogP contribution in [-0.4, -0.2) is 42.8 Å². The van der Waals surface area contributed by atoms with Crippen molar-refractivity contribution < 1.29 is 19.1 Å². The second-order valence-electron chi connectivity index (χ2n) is 5.18. The lowest BCUT2D eigenvalue weighted by Gasteiger charge is -2.31. The van der Waals surface area contributed by atoms with Crippen molar-refractivity contribution in [1.29, 1.82) is 0 Å². The molecule has 0 radical (unpaired) electrons. The largest absolute Gasteiger partial charge is 0.466 e. The van der Waals surface area contributed by atoms with Crippen LogP contribution in [0.4, 0.5) is 4.79 Å². The number of amides is 1. The minimum absolute atomic E-state index is 0.159. The number of ether oxygens (including phenoxy) is 2. The summed E-state index contributed by atoms with van der Waals surface area (Å²) in [7, 11) is 0. The molecule has 0 aromatic heterocycles. The first-order chi connectivity index (χ1) is 9.46.